The number of likely N-dealkylation sites (tertiary alicyclic amines) is 1. The highest BCUT2D eigenvalue weighted by molar-refractivity contribution is 6.09. The molecule has 0 aliphatic carbocycles. The van der Waals surface area contributed by atoms with Gasteiger partial charge in [-0.25, -0.2) is 15.0 Å². The van der Waals surface area contributed by atoms with Gasteiger partial charge in [0.2, 0.25) is 5.95 Å². The number of aromatic nitrogens is 2. The third-order valence-electron chi connectivity index (χ3n) is 6.86. The van der Waals surface area contributed by atoms with Crippen molar-refractivity contribution in [3.63, 3.8) is 0 Å². The number of nitrogens with two attached hydrogens (primary N) is 1. The fraction of sp³-hybridized carbons (Fsp3) is 0.433. The lowest BCUT2D eigenvalue weighted by molar-refractivity contribution is -0.137. The maximum Gasteiger partial charge on any atom is 0.418 e. The van der Waals surface area contributed by atoms with Gasteiger partial charge in [-0.1, -0.05) is 27.4 Å². The zero-order chi connectivity index (χ0) is 32.7. The highest BCUT2D eigenvalue weighted by Crippen LogP contribution is 2.37. The first-order valence-corrected chi connectivity index (χ1v) is 14.0. The minimum atomic E-state index is -4.79. The van der Waals surface area contributed by atoms with E-state index in [4.69, 9.17) is 15.9 Å². The molecule has 0 bridgehead atoms. The van der Waals surface area contributed by atoms with E-state index < -0.39 is 28.7 Å². The Balaban J connectivity index is 1.96. The van der Waals surface area contributed by atoms with Gasteiger partial charge in [0.1, 0.15) is 17.3 Å². The fourth-order valence-corrected chi connectivity index (χ4v) is 4.50. The van der Waals surface area contributed by atoms with Crippen LogP contribution in [0.3, 0.4) is 0 Å². The first-order valence-electron chi connectivity index (χ1n) is 14.0. The Kier molecular flexibility index (Phi) is 11.1. The molecule has 14 heteroatoms. The number of hydrogen-bond acceptors (Lipinski definition) is 9. The third kappa shape index (κ3) is 9.02. The van der Waals surface area contributed by atoms with Crippen LogP contribution in [0.15, 0.2) is 54.0 Å². The van der Waals surface area contributed by atoms with Crippen LogP contribution in [0.4, 0.5) is 30.5 Å². The number of allylic oxidation sites excluding steroid dienone is 1. The Morgan fingerprint density at radius 2 is 1.95 bits per heavy atom. The summed E-state index contributed by atoms with van der Waals surface area (Å²) in [6.07, 6.45) is 1.67. The second kappa shape index (κ2) is 14.3. The van der Waals surface area contributed by atoms with Crippen molar-refractivity contribution in [1.82, 2.24) is 20.2 Å². The highest BCUT2D eigenvalue weighted by Gasteiger charge is 2.34. The minimum Gasteiger partial charge on any atom is -0.500 e. The standard InChI is InChI=1S/C30H40F3N9O2/c1-7-36-22-18-37-28(41(5)14-15-42-12-8-9-13-42)40-25(22)26(35)38-21-16-19(10-11-20(21)30(31,32)33)27(43)39-24(34)17-23(44-6)29(2,3)4/h7,10-11,16-18,36H,1,8-9,12-15H2,2-6H3,(H2,35,38)(H2,34,39,43)/b23-17-. The Hall–Kier alpha value is -4.46. The molecule has 3 rings (SSSR count). The van der Waals surface area contributed by atoms with Crippen LogP contribution >= 0.6 is 0 Å². The normalized spacial score (nSPS) is 14.7. The van der Waals surface area contributed by atoms with Crippen LogP contribution in [0.5, 0.6) is 0 Å². The van der Waals surface area contributed by atoms with Crippen LogP contribution < -0.4 is 21.3 Å². The summed E-state index contributed by atoms with van der Waals surface area (Å²) in [4.78, 5) is 30.0. The summed E-state index contributed by atoms with van der Waals surface area (Å²) < 4.78 is 47.3. The lowest BCUT2D eigenvalue weighted by atomic mass is 9.93. The van der Waals surface area contributed by atoms with E-state index in [-0.39, 0.29) is 28.6 Å². The number of aliphatic imine (C=N–C) groups is 1. The predicted molar refractivity (Wildman–Crippen MR) is 166 cm³/mol. The van der Waals surface area contributed by atoms with Gasteiger partial charge in [0.25, 0.3) is 5.91 Å². The summed E-state index contributed by atoms with van der Waals surface area (Å²) in [5, 5.41) is 13.3. The Morgan fingerprint density at radius 3 is 2.55 bits per heavy atom. The number of amides is 1. The van der Waals surface area contributed by atoms with Crippen molar-refractivity contribution in [1.29, 1.82) is 5.41 Å². The molecule has 238 valence electrons. The number of carbonyl (C=O) groups is 1. The van der Waals surface area contributed by atoms with Crippen molar-refractivity contribution >= 4 is 34.9 Å². The summed E-state index contributed by atoms with van der Waals surface area (Å²) in [7, 11) is 3.26. The van der Waals surface area contributed by atoms with Gasteiger partial charge < -0.3 is 30.9 Å². The molecule has 0 radical (unpaired) electrons. The molecule has 1 fully saturated rings. The van der Waals surface area contributed by atoms with Gasteiger partial charge in [-0.3, -0.25) is 10.2 Å². The van der Waals surface area contributed by atoms with Crippen LogP contribution in [0, 0.1) is 10.8 Å². The molecule has 44 heavy (non-hydrogen) atoms. The summed E-state index contributed by atoms with van der Waals surface area (Å²) in [5.41, 5.74) is 4.32. The first-order chi connectivity index (χ1) is 20.6. The molecule has 1 saturated heterocycles. The Labute approximate surface area is 255 Å². The molecule has 0 spiro atoms. The van der Waals surface area contributed by atoms with Crippen LogP contribution in [0.2, 0.25) is 0 Å². The number of nitrogens with zero attached hydrogens (tertiary/aromatic N) is 5. The molecule has 5 N–H and O–H groups in total. The topological polar surface area (TPSA) is 145 Å². The van der Waals surface area contributed by atoms with E-state index in [1.54, 1.807) is 0 Å². The van der Waals surface area contributed by atoms with E-state index in [0.717, 1.165) is 50.7 Å². The van der Waals surface area contributed by atoms with Crippen LogP contribution in [0.1, 0.15) is 55.2 Å². The van der Waals surface area contributed by atoms with Gasteiger partial charge in [-0.2, -0.15) is 13.2 Å². The Bertz CT molecular complexity index is 1430. The number of rotatable bonds is 11. The quantitative estimate of drug-likeness (QED) is 0.159. The van der Waals surface area contributed by atoms with Gasteiger partial charge in [0.05, 0.1) is 30.2 Å². The van der Waals surface area contributed by atoms with Crippen LogP contribution in [0.25, 0.3) is 0 Å². The fourth-order valence-electron chi connectivity index (χ4n) is 4.50. The molecule has 0 atom stereocenters. The molecule has 2 heterocycles. The zero-order valence-electron chi connectivity index (χ0n) is 25.7. The first kappa shape index (κ1) is 34.0. The largest absolute Gasteiger partial charge is 0.500 e. The molecule has 1 aromatic heterocycles. The number of benzene rings is 1. The lowest BCUT2D eigenvalue weighted by Gasteiger charge is -2.22. The number of likely N-dealkylation sites (N-methyl/N-ethyl adjacent to an activating group) is 1. The number of methoxy groups -OCH3 is 1. The molecule has 1 aliphatic rings. The molecular weight excluding hydrogens is 575 g/mol. The van der Waals surface area contributed by atoms with E-state index in [9.17, 15) is 18.0 Å². The molecule has 2 aromatic rings. The number of anilines is 2. The number of carbonyl (C=O) groups excluding carboxylic acids is 1. The summed E-state index contributed by atoms with van der Waals surface area (Å²) >= 11 is 0. The SMILES string of the molecule is C=CNc1cnc(N(C)CCN2CCCC2)nc1C(N)=Nc1cc(C(=O)NC(=N)/C=C(\OC)C(C)(C)C)ccc1C(F)(F)F. The van der Waals surface area contributed by atoms with Crippen molar-refractivity contribution in [3.05, 3.63) is 65.8 Å². The Morgan fingerprint density at radius 1 is 1.27 bits per heavy atom. The van der Waals surface area contributed by atoms with Crippen LogP contribution in [-0.4, -0.2) is 72.8 Å². The van der Waals surface area contributed by atoms with Crippen molar-refractivity contribution in [3.8, 4) is 0 Å². The second-order valence-corrected chi connectivity index (χ2v) is 11.3. The smallest absolute Gasteiger partial charge is 0.418 e. The average Bonchev–Trinajstić information content (AvgIpc) is 3.47. The molecule has 11 nitrogen and oxygen atoms in total. The van der Waals surface area contributed by atoms with E-state index in [1.165, 1.54) is 25.6 Å². The zero-order valence-corrected chi connectivity index (χ0v) is 25.7. The van der Waals surface area contributed by atoms with E-state index in [0.29, 0.717) is 18.3 Å². The second-order valence-electron chi connectivity index (χ2n) is 11.3. The average molecular weight is 616 g/mol. The van der Waals surface area contributed by atoms with Crippen molar-refractivity contribution in [2.24, 2.45) is 16.1 Å². The number of alkyl halides is 3. The summed E-state index contributed by atoms with van der Waals surface area (Å²) in [5.74, 6) is -0.692. The number of hydrogen-bond donors (Lipinski definition) is 4. The third-order valence-corrected chi connectivity index (χ3v) is 6.86. The monoisotopic (exact) mass is 615 g/mol. The van der Waals surface area contributed by atoms with Crippen LogP contribution in [-0.2, 0) is 10.9 Å². The van der Waals surface area contributed by atoms with Gasteiger partial charge in [0.15, 0.2) is 5.84 Å². The maximum atomic E-state index is 14.0. The van der Waals surface area contributed by atoms with Gasteiger partial charge in [0, 0.05) is 37.2 Å². The molecule has 0 saturated carbocycles. The molecule has 1 aliphatic heterocycles. The number of halogens is 3. The van der Waals surface area contributed by atoms with Crippen molar-refractivity contribution in [2.45, 2.75) is 39.8 Å². The van der Waals surface area contributed by atoms with E-state index in [2.05, 4.69) is 37.1 Å². The summed E-state index contributed by atoms with van der Waals surface area (Å²) in [6, 6.07) is 2.72. The number of amidine groups is 2. The highest BCUT2D eigenvalue weighted by atomic mass is 19.4. The number of nitrogens with one attached hydrogen (secondary N) is 3. The predicted octanol–water partition coefficient (Wildman–Crippen LogP) is 4.90. The summed E-state index contributed by atoms with van der Waals surface area (Å²) in [6.45, 7) is 12.7. The van der Waals surface area contributed by atoms with Gasteiger partial charge in [-0.05, 0) is 50.3 Å². The molecule has 0 unspecified atom stereocenters. The van der Waals surface area contributed by atoms with Gasteiger partial charge in [-0.15, -0.1) is 0 Å². The number of ether oxygens (including phenoxy) is 1. The van der Waals surface area contributed by atoms with Crippen molar-refractivity contribution < 1.29 is 22.7 Å². The molecule has 1 amide bonds. The van der Waals surface area contributed by atoms with Crippen molar-refractivity contribution in [2.75, 3.05) is 50.6 Å². The van der Waals surface area contributed by atoms with E-state index >= 15 is 0 Å². The molecular formula is C30H40F3N9O2. The van der Waals surface area contributed by atoms with Gasteiger partial charge >= 0.3 is 6.18 Å². The molecule has 1 aromatic carbocycles. The van der Waals surface area contributed by atoms with E-state index in [1.807, 2.05) is 32.7 Å². The lowest BCUT2D eigenvalue weighted by Crippen LogP contribution is -2.32. The minimum absolute atomic E-state index is 0.0621. The maximum absolute atomic E-state index is 14.0.